The van der Waals surface area contributed by atoms with Crippen LogP contribution >= 0.6 is 0 Å². The molecular formula is C14H19N3O5. The number of nitro benzene ring substituents is 1. The van der Waals surface area contributed by atoms with Crippen molar-refractivity contribution in [2.75, 3.05) is 25.6 Å². The SMILES string of the molecule is COc1ccc([N+](=O)[O-])cc1NC(=O)CCNC1(CO)CC1. The molecule has 3 N–H and O–H groups in total. The van der Waals surface area contributed by atoms with Gasteiger partial charge >= 0.3 is 0 Å². The van der Waals surface area contributed by atoms with Crippen LogP contribution in [0.15, 0.2) is 18.2 Å². The molecule has 2 rings (SSSR count). The first kappa shape index (κ1) is 16.2. The van der Waals surface area contributed by atoms with Crippen LogP contribution in [0.3, 0.4) is 0 Å². The third kappa shape index (κ3) is 3.92. The second-order valence-electron chi connectivity index (χ2n) is 5.31. The summed E-state index contributed by atoms with van der Waals surface area (Å²) in [6, 6.07) is 4.02. The smallest absolute Gasteiger partial charge is 0.271 e. The molecule has 0 saturated heterocycles. The van der Waals surface area contributed by atoms with E-state index in [9.17, 15) is 14.9 Å². The summed E-state index contributed by atoms with van der Waals surface area (Å²) in [6.45, 7) is 0.497. The molecule has 1 aliphatic carbocycles. The maximum Gasteiger partial charge on any atom is 0.271 e. The summed E-state index contributed by atoms with van der Waals surface area (Å²) in [5, 5.41) is 25.7. The van der Waals surface area contributed by atoms with Gasteiger partial charge in [-0.05, 0) is 18.9 Å². The summed E-state index contributed by atoms with van der Waals surface area (Å²) in [5.41, 5.74) is -0.0693. The Labute approximate surface area is 127 Å². The predicted octanol–water partition coefficient (Wildman–Crippen LogP) is 1.05. The third-order valence-corrected chi connectivity index (χ3v) is 3.68. The van der Waals surface area contributed by atoms with Crippen molar-refractivity contribution in [2.45, 2.75) is 24.8 Å². The molecule has 1 saturated carbocycles. The Morgan fingerprint density at radius 3 is 2.77 bits per heavy atom. The molecule has 0 heterocycles. The quantitative estimate of drug-likeness (QED) is 0.488. The zero-order valence-electron chi connectivity index (χ0n) is 12.3. The molecule has 1 aromatic rings. The number of hydrogen-bond acceptors (Lipinski definition) is 6. The Morgan fingerprint density at radius 1 is 1.50 bits per heavy atom. The van der Waals surface area contributed by atoms with E-state index in [-0.39, 0.29) is 35.8 Å². The number of nitro groups is 1. The zero-order chi connectivity index (χ0) is 16.2. The molecule has 1 amide bonds. The first-order valence-electron chi connectivity index (χ1n) is 6.98. The van der Waals surface area contributed by atoms with Crippen LogP contribution in [0.1, 0.15) is 19.3 Å². The van der Waals surface area contributed by atoms with Crippen LogP contribution in [0.4, 0.5) is 11.4 Å². The lowest BCUT2D eigenvalue weighted by atomic mass is 10.2. The Bertz CT molecular complexity index is 572. The number of amides is 1. The third-order valence-electron chi connectivity index (χ3n) is 3.68. The fourth-order valence-corrected chi connectivity index (χ4v) is 2.10. The molecule has 1 aromatic carbocycles. The van der Waals surface area contributed by atoms with Crippen molar-refractivity contribution >= 4 is 17.3 Å². The first-order valence-corrected chi connectivity index (χ1v) is 6.98. The van der Waals surface area contributed by atoms with Gasteiger partial charge in [0.05, 0.1) is 24.3 Å². The van der Waals surface area contributed by atoms with Crippen molar-refractivity contribution in [2.24, 2.45) is 0 Å². The van der Waals surface area contributed by atoms with Crippen molar-refractivity contribution in [3.63, 3.8) is 0 Å². The summed E-state index contributed by atoms with van der Waals surface area (Å²) in [5.74, 6) is 0.0842. The number of methoxy groups -OCH3 is 1. The lowest BCUT2D eigenvalue weighted by Gasteiger charge is -2.14. The molecule has 0 radical (unpaired) electrons. The molecule has 1 fully saturated rings. The van der Waals surface area contributed by atoms with Crippen molar-refractivity contribution in [1.29, 1.82) is 0 Å². The lowest BCUT2D eigenvalue weighted by Crippen LogP contribution is -2.36. The summed E-state index contributed by atoms with van der Waals surface area (Å²) >= 11 is 0. The van der Waals surface area contributed by atoms with E-state index >= 15 is 0 Å². The van der Waals surface area contributed by atoms with Crippen molar-refractivity contribution in [3.8, 4) is 5.75 Å². The van der Waals surface area contributed by atoms with Crippen LogP contribution in [0.5, 0.6) is 5.75 Å². The summed E-state index contributed by atoms with van der Waals surface area (Å²) in [4.78, 5) is 22.2. The van der Waals surface area contributed by atoms with Crippen LogP contribution in [0.2, 0.25) is 0 Å². The van der Waals surface area contributed by atoms with E-state index in [4.69, 9.17) is 9.84 Å². The van der Waals surface area contributed by atoms with Crippen molar-refractivity contribution in [3.05, 3.63) is 28.3 Å². The number of non-ortho nitro benzene ring substituents is 1. The molecule has 8 nitrogen and oxygen atoms in total. The van der Waals surface area contributed by atoms with Gasteiger partial charge in [0.25, 0.3) is 5.69 Å². The normalized spacial score (nSPS) is 15.2. The van der Waals surface area contributed by atoms with Gasteiger partial charge in [0.15, 0.2) is 0 Å². The molecular weight excluding hydrogens is 290 g/mol. The van der Waals surface area contributed by atoms with Crippen molar-refractivity contribution in [1.82, 2.24) is 5.32 Å². The highest BCUT2D eigenvalue weighted by Gasteiger charge is 2.41. The first-order chi connectivity index (χ1) is 10.5. The van der Waals surface area contributed by atoms with Gasteiger partial charge in [-0.25, -0.2) is 0 Å². The summed E-state index contributed by atoms with van der Waals surface area (Å²) in [6.07, 6.45) is 2.02. The molecule has 8 heteroatoms. The molecule has 0 spiro atoms. The highest BCUT2D eigenvalue weighted by atomic mass is 16.6. The van der Waals surface area contributed by atoms with Crippen LogP contribution in [-0.2, 0) is 4.79 Å². The second kappa shape index (κ2) is 6.71. The van der Waals surface area contributed by atoms with Gasteiger partial charge in [0.2, 0.25) is 5.91 Å². The Hall–Kier alpha value is -2.19. The van der Waals surface area contributed by atoms with E-state index in [1.54, 1.807) is 0 Å². The molecule has 0 aliphatic heterocycles. The van der Waals surface area contributed by atoms with E-state index in [1.807, 2.05) is 0 Å². The Kier molecular flexibility index (Phi) is 4.94. The zero-order valence-corrected chi connectivity index (χ0v) is 12.3. The minimum Gasteiger partial charge on any atom is -0.495 e. The Morgan fingerprint density at radius 2 is 2.23 bits per heavy atom. The number of rotatable bonds is 8. The van der Waals surface area contributed by atoms with E-state index in [0.717, 1.165) is 12.8 Å². The maximum atomic E-state index is 11.9. The molecule has 0 unspecified atom stereocenters. The Balaban J connectivity index is 1.92. The number of benzene rings is 1. The maximum absolute atomic E-state index is 11.9. The van der Waals surface area contributed by atoms with Crippen LogP contribution in [-0.4, -0.2) is 41.7 Å². The minimum absolute atomic E-state index is 0.0628. The van der Waals surface area contributed by atoms with E-state index in [0.29, 0.717) is 12.3 Å². The molecule has 120 valence electrons. The molecule has 0 bridgehead atoms. The van der Waals surface area contributed by atoms with Gasteiger partial charge in [-0.2, -0.15) is 0 Å². The highest BCUT2D eigenvalue weighted by molar-refractivity contribution is 5.92. The average Bonchev–Trinajstić information content (AvgIpc) is 3.27. The number of carbonyl (C=O) groups is 1. The molecule has 0 aromatic heterocycles. The van der Waals surface area contributed by atoms with E-state index in [2.05, 4.69) is 10.6 Å². The number of nitrogens with zero attached hydrogens (tertiary/aromatic N) is 1. The number of hydrogen-bond donors (Lipinski definition) is 3. The number of aliphatic hydroxyl groups is 1. The van der Waals surface area contributed by atoms with E-state index < -0.39 is 4.92 Å². The average molecular weight is 309 g/mol. The number of aliphatic hydroxyl groups excluding tert-OH is 1. The number of nitrogens with one attached hydrogen (secondary N) is 2. The largest absolute Gasteiger partial charge is 0.495 e. The fourth-order valence-electron chi connectivity index (χ4n) is 2.10. The number of ether oxygens (including phenoxy) is 1. The standard InChI is InChI=1S/C14H19N3O5/c1-22-12-3-2-10(17(20)21)8-11(12)16-13(19)4-7-15-14(9-18)5-6-14/h2-3,8,15,18H,4-7,9H2,1H3,(H,16,19). The predicted molar refractivity (Wildman–Crippen MR) is 79.9 cm³/mol. The van der Waals surface area contributed by atoms with Gasteiger partial charge in [-0.15, -0.1) is 0 Å². The van der Waals surface area contributed by atoms with Gasteiger partial charge in [-0.3, -0.25) is 14.9 Å². The number of anilines is 1. The van der Waals surface area contributed by atoms with Gasteiger partial charge in [-0.1, -0.05) is 0 Å². The topological polar surface area (TPSA) is 114 Å². The minimum atomic E-state index is -0.533. The van der Waals surface area contributed by atoms with Crippen LogP contribution < -0.4 is 15.4 Å². The number of carbonyl (C=O) groups excluding carboxylic acids is 1. The second-order valence-corrected chi connectivity index (χ2v) is 5.31. The molecule has 22 heavy (non-hydrogen) atoms. The van der Waals surface area contributed by atoms with Crippen molar-refractivity contribution < 1.29 is 19.6 Å². The fraction of sp³-hybridized carbons (Fsp3) is 0.500. The molecule has 1 aliphatic rings. The summed E-state index contributed by atoms with van der Waals surface area (Å²) in [7, 11) is 1.43. The summed E-state index contributed by atoms with van der Waals surface area (Å²) < 4.78 is 5.08. The highest BCUT2D eigenvalue weighted by Crippen LogP contribution is 2.34. The monoisotopic (exact) mass is 309 g/mol. The lowest BCUT2D eigenvalue weighted by molar-refractivity contribution is -0.384. The van der Waals surface area contributed by atoms with Crippen LogP contribution in [0, 0.1) is 10.1 Å². The van der Waals surface area contributed by atoms with Gasteiger partial charge in [0, 0.05) is 30.6 Å². The molecule has 0 atom stereocenters. The van der Waals surface area contributed by atoms with Crippen LogP contribution in [0.25, 0.3) is 0 Å². The van der Waals surface area contributed by atoms with Gasteiger partial charge < -0.3 is 20.5 Å². The van der Waals surface area contributed by atoms with E-state index in [1.165, 1.54) is 25.3 Å². The van der Waals surface area contributed by atoms with Gasteiger partial charge in [0.1, 0.15) is 5.75 Å².